The molecule has 71 heavy (non-hydrogen) atoms. The Morgan fingerprint density at radius 3 is 0.789 bits per heavy atom. The van der Waals surface area contributed by atoms with Crippen molar-refractivity contribution >= 4 is 46.9 Å². The third kappa shape index (κ3) is 21.6. The quantitative estimate of drug-likeness (QED) is 0.241. The number of benzene rings is 2. The third-order valence-electron chi connectivity index (χ3n) is 10.4. The first-order valence-corrected chi connectivity index (χ1v) is 20.8. The van der Waals surface area contributed by atoms with E-state index < -0.39 is 89.0 Å². The zero-order chi connectivity index (χ0) is 54.9. The van der Waals surface area contributed by atoms with Gasteiger partial charge in [0.25, 0.3) is 11.4 Å². The molecule has 0 spiro atoms. The van der Waals surface area contributed by atoms with Crippen molar-refractivity contribution in [2.75, 3.05) is 0 Å². The van der Waals surface area contributed by atoms with Crippen LogP contribution in [0.25, 0.3) is 0 Å². The van der Waals surface area contributed by atoms with Crippen LogP contribution in [0, 0.1) is 51.7 Å². The molecule has 2 aliphatic heterocycles. The summed E-state index contributed by atoms with van der Waals surface area (Å²) in [4.78, 5) is 93.3. The van der Waals surface area contributed by atoms with Crippen molar-refractivity contribution in [1.29, 1.82) is 0 Å². The number of non-ortho nitro benzene ring substituents is 2. The maximum Gasteiger partial charge on any atom is 2.00 e. The number of carboxylic acids is 4. The molecule has 2 heterocycles. The van der Waals surface area contributed by atoms with E-state index in [1.165, 1.54) is 0 Å². The molecule has 0 saturated carbocycles. The molecule has 2 aromatic rings. The SMILES string of the molecule is CC(C)(C)C(=O)[O-].CC(C)(C)C(=O)[O-].CC(C)(C)C(=O)[O-].CC(C)(C)C(=O)[O-].CC1(C)N=C(c2cc([N+](=O)[O-])ccc2[O-])[N+](=O)C1(C)C.CC1(C)N=C(c2cc([N+](=O)[O-])ccc2[O-])[N+](=O)C1(C)C.[Co+2].[Co].[Co]. The van der Waals surface area contributed by atoms with Gasteiger partial charge in [0.15, 0.2) is 22.2 Å². The van der Waals surface area contributed by atoms with Gasteiger partial charge in [-0.25, -0.2) is 0 Å². The van der Waals surface area contributed by atoms with Gasteiger partial charge in [-0.1, -0.05) is 127 Å². The number of nitroso groups, excluding NO2 is 2. The van der Waals surface area contributed by atoms with Crippen LogP contribution in [0.4, 0.5) is 11.4 Å². The molecule has 2 aromatic carbocycles. The first-order valence-electron chi connectivity index (χ1n) is 20.8. The second-order valence-corrected chi connectivity index (χ2v) is 21.7. The van der Waals surface area contributed by atoms with Gasteiger partial charge in [0.05, 0.1) is 21.0 Å². The Bertz CT molecular complexity index is 2120. The Hall–Kier alpha value is -5.22. The molecule has 3 radical (unpaired) electrons. The Morgan fingerprint density at radius 2 is 0.662 bits per heavy atom. The van der Waals surface area contributed by atoms with Gasteiger partial charge in [0, 0.05) is 103 Å². The molecule has 0 aliphatic carbocycles. The van der Waals surface area contributed by atoms with Crippen LogP contribution in [0.3, 0.4) is 0 Å². The largest absolute Gasteiger partial charge is 2.00 e. The summed E-state index contributed by atoms with van der Waals surface area (Å²) in [7, 11) is 0. The summed E-state index contributed by atoms with van der Waals surface area (Å²) in [5, 5.41) is 85.0. The van der Waals surface area contributed by atoms with Gasteiger partial charge in [-0.05, 0) is 64.9 Å². The van der Waals surface area contributed by atoms with E-state index in [-0.39, 0.29) is 84.5 Å². The molecule has 0 fully saturated rings. The second-order valence-electron chi connectivity index (χ2n) is 21.7. The summed E-state index contributed by atoms with van der Waals surface area (Å²) in [5.74, 6) is -5.03. The molecule has 22 nitrogen and oxygen atoms in total. The van der Waals surface area contributed by atoms with Crippen molar-refractivity contribution in [3.63, 3.8) is 0 Å². The van der Waals surface area contributed by atoms with Gasteiger partial charge < -0.3 is 49.8 Å². The Kier molecular flexibility index (Phi) is 28.4. The molecule has 0 saturated heterocycles. The summed E-state index contributed by atoms with van der Waals surface area (Å²) in [6, 6.07) is 6.61. The minimum Gasteiger partial charge on any atom is -0.872 e. The average Bonchev–Trinajstić information content (AvgIpc) is 3.42. The van der Waals surface area contributed by atoms with Gasteiger partial charge in [0.1, 0.15) is 0 Å². The van der Waals surface area contributed by atoms with E-state index in [1.54, 1.807) is 138 Å². The van der Waals surface area contributed by atoms with Gasteiger partial charge >= 0.3 is 28.5 Å². The van der Waals surface area contributed by atoms with Crippen LogP contribution in [-0.4, -0.2) is 77.1 Å². The van der Waals surface area contributed by atoms with E-state index in [9.17, 15) is 79.9 Å². The van der Waals surface area contributed by atoms with E-state index in [0.717, 1.165) is 36.4 Å². The van der Waals surface area contributed by atoms with E-state index >= 15 is 0 Å². The smallest absolute Gasteiger partial charge is 0.872 e. The van der Waals surface area contributed by atoms with Crippen LogP contribution >= 0.6 is 0 Å². The number of aliphatic imine (C=N–C) groups is 2. The van der Waals surface area contributed by atoms with Crippen molar-refractivity contribution in [3.8, 4) is 11.5 Å². The Labute approximate surface area is 445 Å². The number of nitro groups is 2. The van der Waals surface area contributed by atoms with Crippen molar-refractivity contribution in [1.82, 2.24) is 0 Å². The first-order chi connectivity index (χ1) is 29.9. The van der Waals surface area contributed by atoms with Gasteiger partial charge in [-0.15, -0.1) is 0 Å². The second kappa shape index (κ2) is 27.0. The molecule has 0 amide bonds. The fourth-order valence-electron chi connectivity index (χ4n) is 3.87. The standard InChI is InChI=1S/2C13H15N3O4.4C5H10O2.3Co/c2*1-12(2)13(3,4)15(18)11(14-12)9-7-8(16(19)20)5-6-10(9)17;4*1-5(2,3)4(6)7;;;/h2*5-7H,1-4H3;4*1-3H3,(H,6,7);;;/q;;;;;;;;+2/p-4. The van der Waals surface area contributed by atoms with E-state index in [4.69, 9.17) is 0 Å². The molecule has 0 atom stereocenters. The molecule has 0 bridgehead atoms. The number of carbonyl (C=O) groups is 4. The number of rotatable bonds is 4. The van der Waals surface area contributed by atoms with Crippen molar-refractivity contribution in [2.24, 2.45) is 31.6 Å². The van der Waals surface area contributed by atoms with Crippen molar-refractivity contribution in [2.45, 2.75) is 161 Å². The zero-order valence-electron chi connectivity index (χ0n) is 43.7. The van der Waals surface area contributed by atoms with Crippen molar-refractivity contribution < 1.29 is 120 Å². The molecular weight excluding hydrogens is 1070 g/mol. The molecule has 0 unspecified atom stereocenters. The summed E-state index contributed by atoms with van der Waals surface area (Å²) in [6.07, 6.45) is 0. The fraction of sp³-hybridized carbons (Fsp3) is 0.609. The van der Waals surface area contributed by atoms with Crippen LogP contribution in [0.5, 0.6) is 11.5 Å². The average molecular weight is 1140 g/mol. The zero-order valence-corrected chi connectivity index (χ0v) is 46.8. The molecule has 2 aliphatic rings. The minimum atomic E-state index is -1.01. The van der Waals surface area contributed by atoms with Crippen LogP contribution in [0.2, 0.25) is 0 Å². The predicted molar refractivity (Wildman–Crippen MR) is 240 cm³/mol. The minimum absolute atomic E-state index is 0. The number of aliphatic carboxylic acids is 4. The number of nitro benzene ring substituents is 2. The van der Waals surface area contributed by atoms with E-state index in [1.807, 2.05) is 0 Å². The molecule has 0 aromatic heterocycles. The van der Waals surface area contributed by atoms with Gasteiger partial charge in [-0.2, -0.15) is 0 Å². The summed E-state index contributed by atoms with van der Waals surface area (Å²) < 4.78 is 1.32. The fourth-order valence-corrected chi connectivity index (χ4v) is 3.87. The van der Waals surface area contributed by atoms with E-state index in [0.29, 0.717) is 9.52 Å². The number of carboxylic acid groups (broad SMARTS) is 4. The topological polar surface area (TPSA) is 358 Å². The summed E-state index contributed by atoms with van der Waals surface area (Å²) >= 11 is 0. The van der Waals surface area contributed by atoms with Crippen LogP contribution in [-0.2, 0) is 69.5 Å². The Balaban J connectivity index is -0.000000264. The predicted octanol–water partition coefficient (Wildman–Crippen LogP) is 2.65. The summed E-state index contributed by atoms with van der Waals surface area (Å²) in [5.41, 5.74) is -6.38. The van der Waals surface area contributed by atoms with E-state index in [2.05, 4.69) is 9.98 Å². The molecular formula is C46H66Co3N6O16-2. The van der Waals surface area contributed by atoms with Crippen LogP contribution < -0.4 is 30.6 Å². The third-order valence-corrected chi connectivity index (χ3v) is 10.4. The first kappa shape index (κ1) is 74.7. The normalized spacial score (nSPS) is 15.6. The number of hydrogen-bond donors (Lipinski definition) is 0. The van der Waals surface area contributed by atoms with Crippen LogP contribution in [0.15, 0.2) is 46.4 Å². The molecule has 4 rings (SSSR count). The monoisotopic (exact) mass is 1140 g/mol. The molecule has 25 heteroatoms. The van der Waals surface area contributed by atoms with Crippen LogP contribution in [0.1, 0.15) is 150 Å². The maximum absolute atomic E-state index is 12.4. The van der Waals surface area contributed by atoms with Gasteiger partial charge in [0.2, 0.25) is 0 Å². The van der Waals surface area contributed by atoms with Crippen molar-refractivity contribution in [3.05, 3.63) is 77.6 Å². The molecule has 0 N–H and O–H groups in total. The number of nitrogens with zero attached hydrogens (tertiary/aromatic N) is 6. The maximum atomic E-state index is 12.4. The summed E-state index contributed by atoms with van der Waals surface area (Å²) in [6.45, 7) is 33.2. The molecule has 405 valence electrons. The number of carbonyl (C=O) groups excluding carboxylic acids is 4. The van der Waals surface area contributed by atoms with Gasteiger partial charge in [-0.3, -0.25) is 20.2 Å². The number of amidine groups is 2. The number of hydrogen-bond acceptors (Lipinski definition) is 18. The Morgan fingerprint density at radius 1 is 0.479 bits per heavy atom.